The van der Waals surface area contributed by atoms with E-state index in [1.165, 1.54) is 4.31 Å². The van der Waals surface area contributed by atoms with Gasteiger partial charge >= 0.3 is 0 Å². The van der Waals surface area contributed by atoms with Gasteiger partial charge in [-0.05, 0) is 30.2 Å². The van der Waals surface area contributed by atoms with Gasteiger partial charge in [-0.2, -0.15) is 4.31 Å². The third-order valence-electron chi connectivity index (χ3n) is 3.10. The van der Waals surface area contributed by atoms with Crippen molar-refractivity contribution in [2.75, 3.05) is 39.2 Å². The van der Waals surface area contributed by atoms with Gasteiger partial charge in [-0.25, -0.2) is 8.42 Å². The third-order valence-corrected chi connectivity index (χ3v) is 4.96. The predicted molar refractivity (Wildman–Crippen MR) is 70.3 cm³/mol. The number of anilines is 1. The molecule has 1 aliphatic rings. The number of nitrogens with one attached hydrogen (secondary N) is 1. The lowest BCUT2D eigenvalue weighted by Gasteiger charge is -2.17. The van der Waals surface area contributed by atoms with E-state index in [4.69, 9.17) is 4.74 Å². The third kappa shape index (κ3) is 2.50. The summed E-state index contributed by atoms with van der Waals surface area (Å²) in [5.74, 6) is 0. The topological polar surface area (TPSA) is 58.6 Å². The summed E-state index contributed by atoms with van der Waals surface area (Å²) in [5, 5.41) is 3.21. The van der Waals surface area contributed by atoms with Crippen molar-refractivity contribution in [2.45, 2.75) is 11.3 Å². The van der Waals surface area contributed by atoms with Crippen LogP contribution in [0.25, 0.3) is 0 Å². The first-order valence-corrected chi connectivity index (χ1v) is 7.32. The Morgan fingerprint density at radius 3 is 2.94 bits per heavy atom. The lowest BCUT2D eigenvalue weighted by atomic mass is 10.2. The number of sulfonamides is 1. The first-order valence-electron chi connectivity index (χ1n) is 5.88. The fourth-order valence-corrected chi connectivity index (χ4v) is 3.17. The van der Waals surface area contributed by atoms with Crippen molar-refractivity contribution in [3.05, 3.63) is 23.8 Å². The smallest absolute Gasteiger partial charge is 0.242 e. The van der Waals surface area contributed by atoms with Crippen molar-refractivity contribution >= 4 is 15.7 Å². The van der Waals surface area contributed by atoms with Crippen molar-refractivity contribution < 1.29 is 13.2 Å². The van der Waals surface area contributed by atoms with Crippen molar-refractivity contribution in [3.8, 4) is 0 Å². The molecule has 18 heavy (non-hydrogen) atoms. The van der Waals surface area contributed by atoms with Crippen LogP contribution in [0.5, 0.6) is 0 Å². The first-order chi connectivity index (χ1) is 8.55. The van der Waals surface area contributed by atoms with Gasteiger partial charge < -0.3 is 10.1 Å². The molecule has 6 heteroatoms. The molecular formula is C12H18N2O3S. The zero-order valence-corrected chi connectivity index (χ0v) is 11.5. The molecule has 100 valence electrons. The van der Waals surface area contributed by atoms with Gasteiger partial charge in [-0.1, -0.05) is 0 Å². The van der Waals surface area contributed by atoms with Crippen LogP contribution < -0.4 is 5.32 Å². The largest absolute Gasteiger partial charge is 0.384 e. The van der Waals surface area contributed by atoms with Gasteiger partial charge in [0.15, 0.2) is 0 Å². The van der Waals surface area contributed by atoms with Crippen LogP contribution in [0.2, 0.25) is 0 Å². The standard InChI is InChI=1S/C12H18N2O3S/c1-14(7-8-17-2)18(15,16)11-3-4-12-10(9-11)5-6-13-12/h3-4,9,13H,5-8H2,1-2H3. The maximum absolute atomic E-state index is 12.3. The SMILES string of the molecule is COCCN(C)S(=O)(=O)c1ccc2c(c1)CCN2. The quantitative estimate of drug-likeness (QED) is 0.864. The normalized spacial score (nSPS) is 14.6. The summed E-state index contributed by atoms with van der Waals surface area (Å²) in [6.45, 7) is 1.62. The van der Waals surface area contributed by atoms with E-state index >= 15 is 0 Å². The second-order valence-electron chi connectivity index (χ2n) is 4.32. The Morgan fingerprint density at radius 2 is 2.22 bits per heavy atom. The molecule has 0 aliphatic carbocycles. The van der Waals surface area contributed by atoms with E-state index in [1.807, 2.05) is 6.07 Å². The molecule has 0 saturated heterocycles. The number of ether oxygens (including phenoxy) is 1. The fraction of sp³-hybridized carbons (Fsp3) is 0.500. The maximum Gasteiger partial charge on any atom is 0.242 e. The number of methoxy groups -OCH3 is 1. The Morgan fingerprint density at radius 1 is 1.44 bits per heavy atom. The number of likely N-dealkylation sites (N-methyl/N-ethyl adjacent to an activating group) is 1. The van der Waals surface area contributed by atoms with Crippen LogP contribution in [0.15, 0.2) is 23.1 Å². The average molecular weight is 270 g/mol. The highest BCUT2D eigenvalue weighted by Crippen LogP contribution is 2.26. The van der Waals surface area contributed by atoms with Gasteiger partial charge in [0.05, 0.1) is 11.5 Å². The molecule has 0 amide bonds. The highest BCUT2D eigenvalue weighted by Gasteiger charge is 2.22. The highest BCUT2D eigenvalue weighted by atomic mass is 32.2. The van der Waals surface area contributed by atoms with E-state index < -0.39 is 10.0 Å². The highest BCUT2D eigenvalue weighted by molar-refractivity contribution is 7.89. The minimum atomic E-state index is -3.41. The number of fused-ring (bicyclic) bond motifs is 1. The molecule has 5 nitrogen and oxygen atoms in total. The summed E-state index contributed by atoms with van der Waals surface area (Å²) in [6.07, 6.45) is 0.875. The van der Waals surface area contributed by atoms with Gasteiger partial charge in [0.2, 0.25) is 10.0 Å². The number of nitrogens with zero attached hydrogens (tertiary/aromatic N) is 1. The van der Waals surface area contributed by atoms with Crippen LogP contribution in [0, 0.1) is 0 Å². The van der Waals surface area contributed by atoms with E-state index in [1.54, 1.807) is 26.3 Å². The summed E-state index contributed by atoms with van der Waals surface area (Å²) in [4.78, 5) is 0.351. The molecule has 0 saturated carbocycles. The molecule has 0 fully saturated rings. The van der Waals surface area contributed by atoms with Crippen molar-refractivity contribution in [1.29, 1.82) is 0 Å². The average Bonchev–Trinajstić information content (AvgIpc) is 2.82. The molecule has 0 unspecified atom stereocenters. The van der Waals surface area contributed by atoms with Crippen LogP contribution in [-0.2, 0) is 21.2 Å². The molecule has 0 atom stereocenters. The maximum atomic E-state index is 12.3. The number of hydrogen-bond donors (Lipinski definition) is 1. The summed E-state index contributed by atoms with van der Waals surface area (Å²) >= 11 is 0. The van der Waals surface area contributed by atoms with Gasteiger partial charge in [-0.3, -0.25) is 0 Å². The van der Waals surface area contributed by atoms with Crippen molar-refractivity contribution in [1.82, 2.24) is 4.31 Å². The Labute approximate surface area is 108 Å². The summed E-state index contributed by atoms with van der Waals surface area (Å²) in [7, 11) is -0.281. The summed E-state index contributed by atoms with van der Waals surface area (Å²) in [5.41, 5.74) is 2.10. The second-order valence-corrected chi connectivity index (χ2v) is 6.36. The number of hydrogen-bond acceptors (Lipinski definition) is 4. The molecule has 1 aliphatic heterocycles. The minimum Gasteiger partial charge on any atom is -0.384 e. The van der Waals surface area contributed by atoms with Crippen LogP contribution in [0.4, 0.5) is 5.69 Å². The molecule has 0 radical (unpaired) electrons. The molecule has 2 rings (SSSR count). The van der Waals surface area contributed by atoms with Crippen LogP contribution in [0.1, 0.15) is 5.56 Å². The predicted octanol–water partition coefficient (Wildman–Crippen LogP) is 0.921. The Hall–Kier alpha value is -1.11. The van der Waals surface area contributed by atoms with Gasteiger partial charge in [0, 0.05) is 32.9 Å². The molecule has 1 N–H and O–H groups in total. The molecule has 1 aromatic carbocycles. The van der Waals surface area contributed by atoms with Gasteiger partial charge in [-0.15, -0.1) is 0 Å². The van der Waals surface area contributed by atoms with Crippen molar-refractivity contribution in [2.24, 2.45) is 0 Å². The number of rotatable bonds is 5. The van der Waals surface area contributed by atoms with E-state index in [0.717, 1.165) is 24.2 Å². The zero-order valence-electron chi connectivity index (χ0n) is 10.6. The molecule has 1 heterocycles. The van der Waals surface area contributed by atoms with Crippen LogP contribution in [0.3, 0.4) is 0 Å². The summed E-state index contributed by atoms with van der Waals surface area (Å²) in [6, 6.07) is 5.24. The molecule has 0 spiro atoms. The first kappa shape index (κ1) is 13.3. The number of benzene rings is 1. The van der Waals surface area contributed by atoms with E-state index in [9.17, 15) is 8.42 Å². The molecule has 1 aromatic rings. The van der Waals surface area contributed by atoms with Crippen molar-refractivity contribution in [3.63, 3.8) is 0 Å². The van der Waals surface area contributed by atoms with Gasteiger partial charge in [0.25, 0.3) is 0 Å². The van der Waals surface area contributed by atoms with E-state index in [-0.39, 0.29) is 0 Å². The Balaban J connectivity index is 2.24. The lowest BCUT2D eigenvalue weighted by Crippen LogP contribution is -2.30. The molecule has 0 bridgehead atoms. The van der Waals surface area contributed by atoms with Crippen LogP contribution in [-0.4, -0.2) is 46.6 Å². The lowest BCUT2D eigenvalue weighted by molar-refractivity contribution is 0.185. The Kier molecular flexibility index (Phi) is 3.89. The zero-order chi connectivity index (χ0) is 13.2. The molecule has 0 aromatic heterocycles. The fourth-order valence-electron chi connectivity index (χ4n) is 1.96. The van der Waals surface area contributed by atoms with E-state index in [0.29, 0.717) is 18.0 Å². The van der Waals surface area contributed by atoms with E-state index in [2.05, 4.69) is 5.32 Å². The summed E-state index contributed by atoms with van der Waals surface area (Å²) < 4.78 is 30.8. The minimum absolute atomic E-state index is 0.351. The Bertz CT molecular complexity index is 528. The van der Waals surface area contributed by atoms with Crippen LogP contribution >= 0.6 is 0 Å². The molecular weight excluding hydrogens is 252 g/mol. The van der Waals surface area contributed by atoms with Gasteiger partial charge in [0.1, 0.15) is 0 Å². The monoisotopic (exact) mass is 270 g/mol. The second kappa shape index (κ2) is 5.26.